The normalized spacial score (nSPS) is 20.9. The van der Waals surface area contributed by atoms with E-state index in [9.17, 15) is 14.8 Å². The van der Waals surface area contributed by atoms with Gasteiger partial charge in [-0.15, -0.1) is 0 Å². The fourth-order valence-corrected chi connectivity index (χ4v) is 2.18. The first-order chi connectivity index (χ1) is 10.1. The molecule has 7 nitrogen and oxygen atoms in total. The molecule has 2 atom stereocenters. The van der Waals surface area contributed by atoms with Crippen molar-refractivity contribution in [1.29, 1.82) is 0 Å². The van der Waals surface area contributed by atoms with Crippen LogP contribution < -0.4 is 0 Å². The quantitative estimate of drug-likeness (QED) is 0.602. The van der Waals surface area contributed by atoms with Crippen molar-refractivity contribution >= 4 is 17.7 Å². The molecule has 0 saturated carbocycles. The second-order valence-corrected chi connectivity index (χ2v) is 4.30. The van der Waals surface area contributed by atoms with E-state index < -0.39 is 24.0 Å². The maximum Gasteiger partial charge on any atom is 0.405 e. The highest BCUT2D eigenvalue weighted by molar-refractivity contribution is 6.37. The summed E-state index contributed by atoms with van der Waals surface area (Å²) in [4.78, 5) is 28.7. The van der Waals surface area contributed by atoms with Gasteiger partial charge in [-0.25, -0.2) is 4.79 Å². The fourth-order valence-electron chi connectivity index (χ4n) is 2.18. The van der Waals surface area contributed by atoms with Crippen LogP contribution in [-0.4, -0.2) is 42.4 Å². The largest absolute Gasteiger partial charge is 0.465 e. The van der Waals surface area contributed by atoms with Crippen molar-refractivity contribution in [3.8, 4) is 0 Å². The van der Waals surface area contributed by atoms with Gasteiger partial charge in [0.15, 0.2) is 6.10 Å². The van der Waals surface area contributed by atoms with E-state index in [1.165, 1.54) is 0 Å². The molecule has 1 aromatic rings. The Kier molecular flexibility index (Phi) is 4.42. The van der Waals surface area contributed by atoms with Crippen molar-refractivity contribution in [1.82, 2.24) is 0 Å². The number of esters is 2. The van der Waals surface area contributed by atoms with Crippen molar-refractivity contribution in [2.75, 3.05) is 13.7 Å². The zero-order valence-electron chi connectivity index (χ0n) is 11.6. The molecule has 2 rings (SSSR count). The molecule has 1 aliphatic rings. The van der Waals surface area contributed by atoms with Crippen molar-refractivity contribution in [3.05, 3.63) is 41.1 Å². The van der Waals surface area contributed by atoms with Gasteiger partial charge in [-0.3, -0.25) is 10.0 Å². The minimum Gasteiger partial charge on any atom is -0.465 e. The number of ether oxygens (including phenoxy) is 2. The van der Waals surface area contributed by atoms with Crippen LogP contribution in [-0.2, 0) is 23.9 Å². The van der Waals surface area contributed by atoms with E-state index in [0.29, 0.717) is 5.56 Å². The van der Waals surface area contributed by atoms with E-state index in [2.05, 4.69) is 4.74 Å². The summed E-state index contributed by atoms with van der Waals surface area (Å²) >= 11 is 0. The molecule has 0 spiro atoms. The average Bonchev–Trinajstić information content (AvgIpc) is 2.85. The minimum atomic E-state index is -1.21. The van der Waals surface area contributed by atoms with Crippen LogP contribution in [0.25, 0.3) is 0 Å². The van der Waals surface area contributed by atoms with Crippen LogP contribution in [0.1, 0.15) is 18.4 Å². The van der Waals surface area contributed by atoms with Gasteiger partial charge in [0.25, 0.3) is 0 Å². The summed E-state index contributed by atoms with van der Waals surface area (Å²) in [6.45, 7) is 1.79. The molecule has 0 radical (unpaired) electrons. The smallest absolute Gasteiger partial charge is 0.405 e. The number of hydrogen-bond acceptors (Lipinski definition) is 6. The Morgan fingerprint density at radius 3 is 2.57 bits per heavy atom. The molecule has 0 saturated heterocycles. The Bertz CT molecular complexity index is 568. The first-order valence-corrected chi connectivity index (χ1v) is 6.41. The predicted octanol–water partition coefficient (Wildman–Crippen LogP) is 0.771. The lowest BCUT2D eigenvalue weighted by atomic mass is 9.89. The van der Waals surface area contributed by atoms with Crippen LogP contribution in [0.15, 0.2) is 30.3 Å². The van der Waals surface area contributed by atoms with Crippen molar-refractivity contribution < 1.29 is 28.8 Å². The molecule has 0 amide bonds. The second kappa shape index (κ2) is 6.25. The highest BCUT2D eigenvalue weighted by atomic mass is 16.9. The first kappa shape index (κ1) is 14.8. The van der Waals surface area contributed by atoms with E-state index in [1.807, 2.05) is 0 Å². The highest BCUT2D eigenvalue weighted by Crippen LogP contribution is 2.30. The van der Waals surface area contributed by atoms with Crippen LogP contribution in [0.2, 0.25) is 0 Å². The van der Waals surface area contributed by atoms with Crippen molar-refractivity contribution in [2.24, 2.45) is 0 Å². The van der Waals surface area contributed by atoms with Crippen LogP contribution >= 0.6 is 0 Å². The van der Waals surface area contributed by atoms with E-state index in [-0.39, 0.29) is 17.2 Å². The van der Waals surface area contributed by atoms with Gasteiger partial charge in [0.05, 0.1) is 18.6 Å². The monoisotopic (exact) mass is 293 g/mol. The number of nitrogens with zero attached hydrogens (tertiary/aromatic N) is 1. The SMILES string of the molecule is CCOC(=O)[C@H]1O[N+]([O-])=C(C(=O)OC)[C@@H]1c1ccccc1. The first-order valence-electron chi connectivity index (χ1n) is 6.41. The molecule has 0 bridgehead atoms. The number of hydrogen-bond donors (Lipinski definition) is 0. The molecule has 1 aliphatic heterocycles. The fraction of sp³-hybridized carbons (Fsp3) is 0.357. The van der Waals surface area contributed by atoms with Gasteiger partial charge >= 0.3 is 17.7 Å². The van der Waals surface area contributed by atoms with Crippen LogP contribution in [0.5, 0.6) is 0 Å². The third-order valence-corrected chi connectivity index (χ3v) is 3.08. The lowest BCUT2D eigenvalue weighted by Crippen LogP contribution is -2.34. The Labute approximate surface area is 121 Å². The number of methoxy groups -OCH3 is 1. The summed E-state index contributed by atoms with van der Waals surface area (Å²) in [7, 11) is 1.16. The van der Waals surface area contributed by atoms with Gasteiger partial charge < -0.3 is 14.3 Å². The lowest BCUT2D eigenvalue weighted by molar-refractivity contribution is -0.736. The Hall–Kier alpha value is -2.57. The molecule has 7 heteroatoms. The Morgan fingerprint density at radius 1 is 1.33 bits per heavy atom. The molecule has 0 aromatic heterocycles. The molecule has 0 fully saturated rings. The molecular weight excluding hydrogens is 278 g/mol. The molecule has 112 valence electrons. The summed E-state index contributed by atoms with van der Waals surface area (Å²) < 4.78 is 9.49. The summed E-state index contributed by atoms with van der Waals surface area (Å²) in [5.74, 6) is -2.41. The van der Waals surface area contributed by atoms with Gasteiger partial charge in [-0.05, 0) is 12.5 Å². The number of carbonyl (C=O) groups is 2. The minimum absolute atomic E-state index is 0.0328. The molecule has 1 aromatic carbocycles. The second-order valence-electron chi connectivity index (χ2n) is 4.30. The summed E-state index contributed by atoms with van der Waals surface area (Å²) in [6, 6.07) is 8.65. The molecule has 0 aliphatic carbocycles. The third kappa shape index (κ3) is 2.81. The van der Waals surface area contributed by atoms with Gasteiger partial charge in [0.2, 0.25) is 0 Å². The zero-order chi connectivity index (χ0) is 15.4. The van der Waals surface area contributed by atoms with Crippen LogP contribution in [0.4, 0.5) is 0 Å². The number of carbonyl (C=O) groups excluding carboxylic acids is 2. The number of benzene rings is 1. The zero-order valence-corrected chi connectivity index (χ0v) is 11.6. The van der Waals surface area contributed by atoms with Crippen molar-refractivity contribution in [3.63, 3.8) is 0 Å². The predicted molar refractivity (Wildman–Crippen MR) is 71.3 cm³/mol. The Morgan fingerprint density at radius 2 is 2.00 bits per heavy atom. The highest BCUT2D eigenvalue weighted by Gasteiger charge is 2.50. The van der Waals surface area contributed by atoms with E-state index in [4.69, 9.17) is 9.57 Å². The Balaban J connectivity index is 2.43. The van der Waals surface area contributed by atoms with Gasteiger partial charge in [-0.2, -0.15) is 0 Å². The lowest BCUT2D eigenvalue weighted by Gasteiger charge is -2.17. The maximum atomic E-state index is 12.0. The average molecular weight is 293 g/mol. The molecule has 0 unspecified atom stereocenters. The molecule has 21 heavy (non-hydrogen) atoms. The number of rotatable bonds is 4. The van der Waals surface area contributed by atoms with Crippen LogP contribution in [0.3, 0.4) is 0 Å². The summed E-state index contributed by atoms with van der Waals surface area (Å²) in [5.41, 5.74) is 0.316. The van der Waals surface area contributed by atoms with E-state index in [0.717, 1.165) is 7.11 Å². The van der Waals surface area contributed by atoms with Gasteiger partial charge in [-0.1, -0.05) is 30.3 Å². The van der Waals surface area contributed by atoms with Gasteiger partial charge in [0, 0.05) is 0 Å². The topological polar surface area (TPSA) is 87.9 Å². The standard InChI is InChI=1S/C14H15NO6/c1-3-20-14(17)12-10(9-7-5-4-6-8-9)11(13(16)19-2)15(18)21-12/h4-8,10,12H,3H2,1-2H3/t10-,12-/m0/s1. The van der Waals surface area contributed by atoms with Crippen molar-refractivity contribution in [2.45, 2.75) is 18.9 Å². The van der Waals surface area contributed by atoms with E-state index in [1.54, 1.807) is 37.3 Å². The van der Waals surface area contributed by atoms with E-state index >= 15 is 0 Å². The molecular formula is C14H15NO6. The molecule has 0 N–H and O–H groups in total. The van der Waals surface area contributed by atoms with Crippen LogP contribution in [0, 0.1) is 5.21 Å². The molecule has 1 heterocycles. The summed E-state index contributed by atoms with van der Waals surface area (Å²) in [5, 5.41) is 11.8. The summed E-state index contributed by atoms with van der Waals surface area (Å²) in [6.07, 6.45) is -1.21. The maximum absolute atomic E-state index is 12.0. The van der Waals surface area contributed by atoms with Gasteiger partial charge in [0.1, 0.15) is 5.92 Å². The third-order valence-electron chi connectivity index (χ3n) is 3.08.